The maximum Gasteiger partial charge on any atom is 0.0702 e. The van der Waals surface area contributed by atoms with Gasteiger partial charge in [0.25, 0.3) is 0 Å². The minimum atomic E-state index is 0.0746. The Morgan fingerprint density at radius 1 is 1.05 bits per heavy atom. The van der Waals surface area contributed by atoms with E-state index in [1.54, 1.807) is 0 Å². The van der Waals surface area contributed by atoms with Crippen LogP contribution in [0, 0.1) is 17.4 Å². The summed E-state index contributed by atoms with van der Waals surface area (Å²) in [6, 6.07) is 12.5. The predicted molar refractivity (Wildman–Crippen MR) is 93.1 cm³/mol. The summed E-state index contributed by atoms with van der Waals surface area (Å²) in [5, 5.41) is 9.44. The lowest BCUT2D eigenvalue weighted by atomic mass is 10.0. The topological polar surface area (TPSA) is 23.5 Å². The third-order valence-corrected chi connectivity index (χ3v) is 4.76. The van der Waals surface area contributed by atoms with E-state index in [1.807, 2.05) is 18.2 Å². The van der Waals surface area contributed by atoms with E-state index in [0.29, 0.717) is 0 Å². The van der Waals surface area contributed by atoms with Crippen molar-refractivity contribution >= 4 is 28.3 Å². The van der Waals surface area contributed by atoms with Crippen LogP contribution in [-0.2, 0) is 13.2 Å². The quantitative estimate of drug-likeness (QED) is 0.809. The molecule has 0 saturated carbocycles. The number of rotatable bonds is 4. The van der Waals surface area contributed by atoms with Gasteiger partial charge in [0.15, 0.2) is 0 Å². The minimum Gasteiger partial charge on any atom is -0.392 e. The first-order chi connectivity index (χ1) is 9.52. The van der Waals surface area contributed by atoms with Gasteiger partial charge in [0, 0.05) is 28.4 Å². The Bertz CT molecular complexity index is 610. The molecule has 2 aromatic rings. The first-order valence-electron chi connectivity index (χ1n) is 6.68. The molecule has 2 aromatic carbocycles. The summed E-state index contributed by atoms with van der Waals surface area (Å²) in [6.07, 6.45) is 0. The van der Waals surface area contributed by atoms with Crippen LogP contribution in [0.25, 0.3) is 0 Å². The first kappa shape index (κ1) is 15.3. The number of aryl methyl sites for hydroxylation is 2. The highest BCUT2D eigenvalue weighted by Gasteiger charge is 2.09. The van der Waals surface area contributed by atoms with E-state index in [9.17, 15) is 5.11 Å². The summed E-state index contributed by atoms with van der Waals surface area (Å²) in [4.78, 5) is 2.19. The van der Waals surface area contributed by atoms with Crippen molar-refractivity contribution in [2.45, 2.75) is 27.0 Å². The van der Waals surface area contributed by atoms with Crippen LogP contribution in [0.15, 0.2) is 36.4 Å². The summed E-state index contributed by atoms with van der Waals surface area (Å²) in [5.41, 5.74) is 6.02. The smallest absolute Gasteiger partial charge is 0.0702 e. The maximum atomic E-state index is 9.44. The van der Waals surface area contributed by atoms with Crippen molar-refractivity contribution in [2.75, 3.05) is 11.9 Å². The van der Waals surface area contributed by atoms with E-state index in [4.69, 9.17) is 0 Å². The van der Waals surface area contributed by atoms with Crippen molar-refractivity contribution < 1.29 is 5.11 Å². The number of nitrogens with zero attached hydrogens (tertiary/aromatic N) is 1. The van der Waals surface area contributed by atoms with E-state index in [2.05, 4.69) is 66.6 Å². The summed E-state index contributed by atoms with van der Waals surface area (Å²) in [5.74, 6) is 0. The third kappa shape index (κ3) is 3.33. The lowest BCUT2D eigenvalue weighted by Gasteiger charge is -2.23. The summed E-state index contributed by atoms with van der Waals surface area (Å²) in [7, 11) is 2.07. The largest absolute Gasteiger partial charge is 0.392 e. The Hall–Kier alpha value is -1.07. The first-order valence-corrected chi connectivity index (χ1v) is 7.76. The van der Waals surface area contributed by atoms with Crippen LogP contribution in [0.1, 0.15) is 22.3 Å². The van der Waals surface area contributed by atoms with Gasteiger partial charge in [-0.1, -0.05) is 24.3 Å². The Morgan fingerprint density at radius 2 is 1.75 bits per heavy atom. The Morgan fingerprint density at radius 3 is 2.45 bits per heavy atom. The number of aliphatic hydroxyl groups is 1. The molecule has 0 unspecified atom stereocenters. The molecule has 0 bridgehead atoms. The molecule has 1 N–H and O–H groups in total. The molecule has 0 fully saturated rings. The molecule has 0 aromatic heterocycles. The highest BCUT2D eigenvalue weighted by atomic mass is 127. The van der Waals surface area contributed by atoms with Gasteiger partial charge >= 0.3 is 0 Å². The molecule has 0 amide bonds. The fourth-order valence-electron chi connectivity index (χ4n) is 2.37. The summed E-state index contributed by atoms with van der Waals surface area (Å²) >= 11 is 2.38. The van der Waals surface area contributed by atoms with Crippen LogP contribution in [0.3, 0.4) is 0 Å². The number of halogens is 1. The van der Waals surface area contributed by atoms with Crippen molar-refractivity contribution in [2.24, 2.45) is 0 Å². The zero-order chi connectivity index (χ0) is 14.7. The average Bonchev–Trinajstić information content (AvgIpc) is 2.44. The zero-order valence-corrected chi connectivity index (χ0v) is 14.3. The molecule has 0 saturated heterocycles. The Kier molecular flexibility index (Phi) is 5.05. The second-order valence-electron chi connectivity index (χ2n) is 5.17. The SMILES string of the molecule is Cc1cc(CN(C)c2ccccc2CO)c(C)cc1I. The average molecular weight is 381 g/mol. The highest BCUT2D eigenvalue weighted by Crippen LogP contribution is 2.24. The zero-order valence-electron chi connectivity index (χ0n) is 12.2. The fraction of sp³-hybridized carbons (Fsp3) is 0.294. The van der Waals surface area contributed by atoms with Crippen LogP contribution in [-0.4, -0.2) is 12.2 Å². The molecular formula is C17H20INO. The highest BCUT2D eigenvalue weighted by molar-refractivity contribution is 14.1. The van der Waals surface area contributed by atoms with Gasteiger partial charge in [-0.25, -0.2) is 0 Å². The van der Waals surface area contributed by atoms with Crippen molar-refractivity contribution in [3.63, 3.8) is 0 Å². The fourth-order valence-corrected chi connectivity index (χ4v) is 2.99. The van der Waals surface area contributed by atoms with E-state index in [1.165, 1.54) is 20.3 Å². The summed E-state index contributed by atoms with van der Waals surface area (Å²) < 4.78 is 1.31. The number of hydrogen-bond donors (Lipinski definition) is 1. The second-order valence-corrected chi connectivity index (χ2v) is 6.33. The van der Waals surface area contributed by atoms with Gasteiger partial charge in [-0.05, 0) is 65.3 Å². The lowest BCUT2D eigenvalue weighted by molar-refractivity contribution is 0.282. The van der Waals surface area contributed by atoms with Gasteiger partial charge in [0.1, 0.15) is 0 Å². The molecule has 0 aliphatic heterocycles. The maximum absolute atomic E-state index is 9.44. The van der Waals surface area contributed by atoms with Gasteiger partial charge in [-0.15, -0.1) is 0 Å². The number of aliphatic hydroxyl groups excluding tert-OH is 1. The van der Waals surface area contributed by atoms with Gasteiger partial charge in [-0.2, -0.15) is 0 Å². The molecule has 20 heavy (non-hydrogen) atoms. The van der Waals surface area contributed by atoms with Crippen molar-refractivity contribution in [3.8, 4) is 0 Å². The van der Waals surface area contributed by atoms with Crippen LogP contribution in [0.4, 0.5) is 5.69 Å². The van der Waals surface area contributed by atoms with Gasteiger partial charge in [-0.3, -0.25) is 0 Å². The van der Waals surface area contributed by atoms with Gasteiger partial charge < -0.3 is 10.0 Å². The predicted octanol–water partition coefficient (Wildman–Crippen LogP) is 4.04. The van der Waals surface area contributed by atoms with Crippen LogP contribution in [0.2, 0.25) is 0 Å². The molecule has 0 radical (unpaired) electrons. The van der Waals surface area contributed by atoms with Crippen LogP contribution < -0.4 is 4.90 Å². The Labute approximate surface area is 134 Å². The van der Waals surface area contributed by atoms with Crippen molar-refractivity contribution in [1.29, 1.82) is 0 Å². The Balaban J connectivity index is 2.28. The molecule has 2 nitrogen and oxygen atoms in total. The van der Waals surface area contributed by atoms with E-state index >= 15 is 0 Å². The molecule has 0 spiro atoms. The van der Waals surface area contributed by atoms with E-state index in [0.717, 1.165) is 17.8 Å². The third-order valence-electron chi connectivity index (χ3n) is 3.60. The number of hydrogen-bond acceptors (Lipinski definition) is 2. The van der Waals surface area contributed by atoms with Crippen molar-refractivity contribution in [1.82, 2.24) is 0 Å². The lowest BCUT2D eigenvalue weighted by Crippen LogP contribution is -2.18. The van der Waals surface area contributed by atoms with Crippen LogP contribution >= 0.6 is 22.6 Å². The molecule has 0 heterocycles. The molecule has 106 valence electrons. The second kappa shape index (κ2) is 6.59. The minimum absolute atomic E-state index is 0.0746. The number of anilines is 1. The van der Waals surface area contributed by atoms with Crippen LogP contribution in [0.5, 0.6) is 0 Å². The molecule has 3 heteroatoms. The number of benzene rings is 2. The molecular weight excluding hydrogens is 361 g/mol. The number of para-hydroxylation sites is 1. The molecule has 0 aliphatic rings. The van der Waals surface area contributed by atoms with Gasteiger partial charge in [0.2, 0.25) is 0 Å². The van der Waals surface area contributed by atoms with E-state index < -0.39 is 0 Å². The summed E-state index contributed by atoms with van der Waals surface area (Å²) in [6.45, 7) is 5.22. The normalized spacial score (nSPS) is 10.7. The molecule has 0 aliphatic carbocycles. The van der Waals surface area contributed by atoms with E-state index in [-0.39, 0.29) is 6.61 Å². The van der Waals surface area contributed by atoms with Crippen molar-refractivity contribution in [3.05, 3.63) is 62.2 Å². The monoisotopic (exact) mass is 381 g/mol. The molecule has 0 atom stereocenters. The molecule has 2 rings (SSSR count). The standard InChI is InChI=1S/C17H20INO/c1-12-9-16(18)13(2)8-15(12)10-19(3)17-7-5-4-6-14(17)11-20/h4-9,20H,10-11H2,1-3H3. The van der Waals surface area contributed by atoms with Gasteiger partial charge in [0.05, 0.1) is 6.61 Å².